The first-order chi connectivity index (χ1) is 8.24. The maximum Gasteiger partial charge on any atom is 0.232 e. The van der Waals surface area contributed by atoms with Gasteiger partial charge >= 0.3 is 0 Å². The van der Waals surface area contributed by atoms with Gasteiger partial charge in [-0.2, -0.15) is 0 Å². The maximum atomic E-state index is 11.7. The molecule has 0 radical (unpaired) electrons. The Morgan fingerprint density at radius 1 is 1.22 bits per heavy atom. The number of benzene rings is 1. The lowest BCUT2D eigenvalue weighted by atomic mass is 9.96. The molecule has 0 aliphatic carbocycles. The second-order valence-corrected chi connectivity index (χ2v) is 6.92. The molecule has 0 atom stereocenters. The molecule has 0 heterocycles. The molecule has 18 heavy (non-hydrogen) atoms. The molecule has 1 rings (SSSR count). The molecule has 0 aromatic heterocycles. The zero-order valence-electron chi connectivity index (χ0n) is 11.2. The van der Waals surface area contributed by atoms with E-state index in [4.69, 9.17) is 5.73 Å². The van der Waals surface area contributed by atoms with Crippen LogP contribution in [0.2, 0.25) is 0 Å². The van der Waals surface area contributed by atoms with E-state index in [2.05, 4.69) is 4.72 Å². The lowest BCUT2D eigenvalue weighted by Crippen LogP contribution is -2.28. The summed E-state index contributed by atoms with van der Waals surface area (Å²) in [6.07, 6.45) is 1.53. The average molecular weight is 270 g/mol. The van der Waals surface area contributed by atoms with E-state index in [9.17, 15) is 8.42 Å². The minimum Gasteiger partial charge on any atom is -0.322 e. The fraction of sp³-hybridized carbons (Fsp3) is 0.538. The number of anilines is 1. The quantitative estimate of drug-likeness (QED) is 0.834. The highest BCUT2D eigenvalue weighted by Crippen LogP contribution is 2.19. The first kappa shape index (κ1) is 15.0. The number of sulfonamides is 1. The molecule has 1 aromatic rings. The summed E-state index contributed by atoms with van der Waals surface area (Å²) >= 11 is 0. The molecule has 0 bridgehead atoms. The third-order valence-corrected chi connectivity index (χ3v) is 4.04. The standard InChI is InChI=1S/C13H22N2O2S/c1-4-5-10-18(16,17)15-12-8-6-11(7-9-12)13(2,3)14/h6-9,15H,4-5,10,14H2,1-3H3. The molecule has 4 nitrogen and oxygen atoms in total. The summed E-state index contributed by atoms with van der Waals surface area (Å²) in [5.74, 6) is 0.160. The van der Waals surface area contributed by atoms with Crippen molar-refractivity contribution in [1.29, 1.82) is 0 Å². The van der Waals surface area contributed by atoms with Gasteiger partial charge in [0.05, 0.1) is 5.75 Å². The van der Waals surface area contributed by atoms with E-state index in [-0.39, 0.29) is 5.75 Å². The number of hydrogen-bond acceptors (Lipinski definition) is 3. The topological polar surface area (TPSA) is 72.2 Å². The summed E-state index contributed by atoms with van der Waals surface area (Å²) in [4.78, 5) is 0. The Morgan fingerprint density at radius 3 is 2.22 bits per heavy atom. The molecule has 0 aliphatic heterocycles. The van der Waals surface area contributed by atoms with Gasteiger partial charge in [0.2, 0.25) is 10.0 Å². The zero-order chi connectivity index (χ0) is 13.8. The van der Waals surface area contributed by atoms with E-state index in [1.807, 2.05) is 32.9 Å². The van der Waals surface area contributed by atoms with Crippen LogP contribution in [0, 0.1) is 0 Å². The third kappa shape index (κ3) is 4.66. The molecular weight excluding hydrogens is 248 g/mol. The Labute approximate surface area is 110 Å². The Morgan fingerprint density at radius 2 is 1.78 bits per heavy atom. The summed E-state index contributed by atoms with van der Waals surface area (Å²) in [6, 6.07) is 7.18. The van der Waals surface area contributed by atoms with Crippen molar-refractivity contribution in [3.63, 3.8) is 0 Å². The van der Waals surface area contributed by atoms with Crippen LogP contribution >= 0.6 is 0 Å². The van der Waals surface area contributed by atoms with Gasteiger partial charge in [-0.15, -0.1) is 0 Å². The average Bonchev–Trinajstić information content (AvgIpc) is 2.25. The number of hydrogen-bond donors (Lipinski definition) is 2. The maximum absolute atomic E-state index is 11.7. The van der Waals surface area contributed by atoms with Crippen LogP contribution in [0.25, 0.3) is 0 Å². The van der Waals surface area contributed by atoms with Crippen LogP contribution in [0.1, 0.15) is 39.2 Å². The van der Waals surface area contributed by atoms with E-state index >= 15 is 0 Å². The molecule has 0 aliphatic rings. The van der Waals surface area contributed by atoms with Crippen LogP contribution in [0.15, 0.2) is 24.3 Å². The van der Waals surface area contributed by atoms with Crippen molar-refractivity contribution >= 4 is 15.7 Å². The first-order valence-electron chi connectivity index (χ1n) is 6.14. The summed E-state index contributed by atoms with van der Waals surface area (Å²) in [6.45, 7) is 5.79. The van der Waals surface area contributed by atoms with Gasteiger partial charge in [-0.05, 0) is 38.0 Å². The second kappa shape index (κ2) is 5.71. The van der Waals surface area contributed by atoms with Gasteiger partial charge in [0, 0.05) is 11.2 Å². The summed E-state index contributed by atoms with van der Waals surface area (Å²) in [5, 5.41) is 0. The SMILES string of the molecule is CCCCS(=O)(=O)Nc1ccc(C(C)(C)N)cc1. The number of rotatable bonds is 6. The van der Waals surface area contributed by atoms with Crippen LogP contribution in [0.3, 0.4) is 0 Å². The van der Waals surface area contributed by atoms with Gasteiger partial charge in [-0.3, -0.25) is 4.72 Å². The Kier molecular flexibility index (Phi) is 4.76. The van der Waals surface area contributed by atoms with Crippen LogP contribution in [0.4, 0.5) is 5.69 Å². The summed E-state index contributed by atoms with van der Waals surface area (Å²) < 4.78 is 26.0. The lowest BCUT2D eigenvalue weighted by molar-refractivity contribution is 0.554. The smallest absolute Gasteiger partial charge is 0.232 e. The van der Waals surface area contributed by atoms with Crippen molar-refractivity contribution in [3.05, 3.63) is 29.8 Å². The molecule has 5 heteroatoms. The second-order valence-electron chi connectivity index (χ2n) is 5.07. The monoisotopic (exact) mass is 270 g/mol. The minimum absolute atomic E-state index is 0.160. The van der Waals surface area contributed by atoms with Crippen LogP contribution in [-0.4, -0.2) is 14.2 Å². The normalized spacial score (nSPS) is 12.4. The van der Waals surface area contributed by atoms with E-state index in [1.54, 1.807) is 12.1 Å². The van der Waals surface area contributed by atoms with E-state index in [0.717, 1.165) is 12.0 Å². The number of nitrogens with two attached hydrogens (primary N) is 1. The van der Waals surface area contributed by atoms with Crippen molar-refractivity contribution in [3.8, 4) is 0 Å². The van der Waals surface area contributed by atoms with Crippen molar-refractivity contribution < 1.29 is 8.42 Å². The van der Waals surface area contributed by atoms with Gasteiger partial charge in [-0.25, -0.2) is 8.42 Å². The molecule has 0 unspecified atom stereocenters. The molecular formula is C13H22N2O2S. The molecule has 0 amide bonds. The molecule has 3 N–H and O–H groups in total. The predicted molar refractivity (Wildman–Crippen MR) is 76.0 cm³/mol. The number of nitrogens with one attached hydrogen (secondary N) is 1. The number of unbranched alkanes of at least 4 members (excludes halogenated alkanes) is 1. The molecule has 1 aromatic carbocycles. The summed E-state index contributed by atoms with van der Waals surface area (Å²) in [5.41, 5.74) is 7.10. The van der Waals surface area contributed by atoms with Gasteiger partial charge in [0.15, 0.2) is 0 Å². The molecule has 102 valence electrons. The highest BCUT2D eigenvalue weighted by Gasteiger charge is 2.14. The van der Waals surface area contributed by atoms with E-state index in [0.29, 0.717) is 12.1 Å². The van der Waals surface area contributed by atoms with Gasteiger partial charge in [0.1, 0.15) is 0 Å². The van der Waals surface area contributed by atoms with Crippen LogP contribution in [-0.2, 0) is 15.6 Å². The fourth-order valence-corrected chi connectivity index (χ4v) is 2.80. The third-order valence-electron chi connectivity index (χ3n) is 2.67. The zero-order valence-corrected chi connectivity index (χ0v) is 12.0. The molecule has 0 saturated carbocycles. The largest absolute Gasteiger partial charge is 0.322 e. The van der Waals surface area contributed by atoms with Crippen molar-refractivity contribution in [1.82, 2.24) is 0 Å². The van der Waals surface area contributed by atoms with Gasteiger partial charge in [0.25, 0.3) is 0 Å². The van der Waals surface area contributed by atoms with E-state index in [1.165, 1.54) is 0 Å². The first-order valence-corrected chi connectivity index (χ1v) is 7.80. The van der Waals surface area contributed by atoms with Crippen LogP contribution in [0.5, 0.6) is 0 Å². The Balaban J connectivity index is 2.75. The van der Waals surface area contributed by atoms with Crippen molar-refractivity contribution in [2.75, 3.05) is 10.5 Å². The van der Waals surface area contributed by atoms with Crippen molar-refractivity contribution in [2.45, 2.75) is 39.2 Å². The Bertz CT molecular complexity index is 473. The lowest BCUT2D eigenvalue weighted by Gasteiger charge is -2.19. The molecule has 0 saturated heterocycles. The fourth-order valence-electron chi connectivity index (χ4n) is 1.53. The highest BCUT2D eigenvalue weighted by atomic mass is 32.2. The highest BCUT2D eigenvalue weighted by molar-refractivity contribution is 7.92. The minimum atomic E-state index is -3.23. The van der Waals surface area contributed by atoms with Crippen molar-refractivity contribution in [2.24, 2.45) is 5.73 Å². The van der Waals surface area contributed by atoms with Gasteiger partial charge < -0.3 is 5.73 Å². The van der Waals surface area contributed by atoms with Crippen LogP contribution < -0.4 is 10.5 Å². The molecule has 0 fully saturated rings. The predicted octanol–water partition coefficient (Wildman–Crippen LogP) is 2.42. The summed E-state index contributed by atoms with van der Waals surface area (Å²) in [7, 11) is -3.23. The van der Waals surface area contributed by atoms with E-state index < -0.39 is 15.6 Å². The Hall–Kier alpha value is -1.07. The molecule has 0 spiro atoms. The van der Waals surface area contributed by atoms with Gasteiger partial charge in [-0.1, -0.05) is 25.5 Å².